The fraction of sp³-hybridized carbons (Fsp3) is 0. The van der Waals surface area contributed by atoms with Crippen LogP contribution in [0.4, 0.5) is 12.9 Å². The van der Waals surface area contributed by atoms with Crippen LogP contribution in [0.3, 0.4) is 0 Å². The van der Waals surface area contributed by atoms with Crippen molar-refractivity contribution < 1.29 is 21.4 Å². The number of halogens is 3. The van der Waals surface area contributed by atoms with E-state index in [0.29, 0.717) is 0 Å². The first-order chi connectivity index (χ1) is 6.81. The summed E-state index contributed by atoms with van der Waals surface area (Å²) in [5.41, 5.74) is -0.679. The van der Waals surface area contributed by atoms with Gasteiger partial charge >= 0.3 is 6.98 Å². The van der Waals surface area contributed by atoms with Gasteiger partial charge in [0.25, 0.3) is 0 Å². The molecule has 1 heterocycles. The molecule has 0 atom stereocenters. The predicted molar refractivity (Wildman–Crippen MR) is 51.4 cm³/mol. The van der Waals surface area contributed by atoms with Crippen LogP contribution in [-0.2, 0) is 9.84 Å². The smallest absolute Gasteiger partial charge is 0.445 e. The molecule has 1 aromatic rings. The Hall–Kier alpha value is -1.24. The lowest BCUT2D eigenvalue weighted by Crippen LogP contribution is -2.34. The molecule has 0 N–H and O–H groups in total. The third-order valence-corrected chi connectivity index (χ3v) is 3.62. The molecule has 2 nitrogen and oxygen atoms in total. The summed E-state index contributed by atoms with van der Waals surface area (Å²) in [6.45, 7) is -5.08. The first-order valence-electron chi connectivity index (χ1n) is 4.08. The molecular weight excluding hydrogens is 228 g/mol. The summed E-state index contributed by atoms with van der Waals surface area (Å²) >= 11 is 0. The quantitative estimate of drug-likeness (QED) is 0.688. The van der Waals surface area contributed by atoms with Crippen molar-refractivity contribution in [3.05, 3.63) is 29.2 Å². The third-order valence-electron chi connectivity index (χ3n) is 2.15. The SMILES string of the molecule is O=S1(=O)C=Cc2cc([B-](F)(F)F)ccc21. The molecule has 0 aliphatic carbocycles. The number of benzene rings is 1. The third kappa shape index (κ3) is 1.67. The molecule has 0 amide bonds. The van der Waals surface area contributed by atoms with Crippen molar-refractivity contribution in [2.75, 3.05) is 0 Å². The molecule has 0 radical (unpaired) electrons. The normalized spacial score (nSPS) is 17.8. The topological polar surface area (TPSA) is 34.1 Å². The number of hydrogen-bond acceptors (Lipinski definition) is 2. The van der Waals surface area contributed by atoms with E-state index in [4.69, 9.17) is 0 Å². The molecule has 0 saturated carbocycles. The van der Waals surface area contributed by atoms with Crippen molar-refractivity contribution in [3.63, 3.8) is 0 Å². The predicted octanol–water partition coefficient (Wildman–Crippen LogP) is 1.50. The van der Waals surface area contributed by atoms with Crippen molar-refractivity contribution in [2.45, 2.75) is 4.90 Å². The Morgan fingerprint density at radius 2 is 1.80 bits per heavy atom. The molecule has 0 aromatic heterocycles. The Kier molecular flexibility index (Phi) is 1.98. The summed E-state index contributed by atoms with van der Waals surface area (Å²) in [5, 5.41) is 0.908. The molecule has 0 fully saturated rings. The Morgan fingerprint density at radius 3 is 2.40 bits per heavy atom. The average molecular weight is 233 g/mol. The number of sulfone groups is 1. The maximum absolute atomic E-state index is 12.3. The van der Waals surface area contributed by atoms with Gasteiger partial charge in [-0.05, 0) is 17.7 Å². The molecule has 2 rings (SSSR count). The van der Waals surface area contributed by atoms with Gasteiger partial charge in [0, 0.05) is 5.41 Å². The van der Waals surface area contributed by atoms with Crippen LogP contribution in [0.15, 0.2) is 28.5 Å². The maximum Gasteiger partial charge on any atom is 0.509 e. The van der Waals surface area contributed by atoms with Crippen molar-refractivity contribution in [2.24, 2.45) is 0 Å². The highest BCUT2D eigenvalue weighted by Gasteiger charge is 2.28. The summed E-state index contributed by atoms with van der Waals surface area (Å²) in [6.07, 6.45) is 1.18. The van der Waals surface area contributed by atoms with Crippen molar-refractivity contribution in [1.29, 1.82) is 0 Å². The maximum atomic E-state index is 12.3. The van der Waals surface area contributed by atoms with E-state index < -0.39 is 22.3 Å². The molecule has 0 spiro atoms. The zero-order valence-electron chi connectivity index (χ0n) is 7.32. The van der Waals surface area contributed by atoms with Crippen LogP contribution in [-0.4, -0.2) is 15.4 Å². The molecule has 7 heteroatoms. The highest BCUT2D eigenvalue weighted by molar-refractivity contribution is 7.94. The van der Waals surface area contributed by atoms with E-state index in [-0.39, 0.29) is 10.5 Å². The second kappa shape index (κ2) is 2.88. The molecule has 0 bridgehead atoms. The lowest BCUT2D eigenvalue weighted by atomic mass is 9.79. The summed E-state index contributed by atoms with van der Waals surface area (Å²) in [4.78, 5) is -0.0636. The Morgan fingerprint density at radius 1 is 1.13 bits per heavy atom. The number of hydrogen-bond donors (Lipinski definition) is 0. The van der Waals surface area contributed by atoms with E-state index >= 15 is 0 Å². The minimum Gasteiger partial charge on any atom is -0.445 e. The van der Waals surface area contributed by atoms with Gasteiger partial charge in [0.05, 0.1) is 4.90 Å². The first-order valence-corrected chi connectivity index (χ1v) is 5.62. The van der Waals surface area contributed by atoms with Gasteiger partial charge < -0.3 is 12.9 Å². The zero-order valence-corrected chi connectivity index (χ0v) is 8.14. The Labute approximate surface area is 84.4 Å². The van der Waals surface area contributed by atoms with Gasteiger partial charge in [-0.3, -0.25) is 0 Å². The molecule has 80 valence electrons. The molecule has 1 aliphatic heterocycles. The summed E-state index contributed by atoms with van der Waals surface area (Å²) in [7, 11) is -3.51. The van der Waals surface area contributed by atoms with E-state index in [2.05, 4.69) is 0 Å². The first kappa shape index (κ1) is 10.3. The molecule has 0 unspecified atom stereocenters. The molecule has 1 aromatic carbocycles. The van der Waals surface area contributed by atoms with Crippen LogP contribution in [0.2, 0.25) is 0 Å². The Bertz CT molecular complexity index is 545. The van der Waals surface area contributed by atoms with Gasteiger partial charge in [0.1, 0.15) is 0 Å². The van der Waals surface area contributed by atoms with Gasteiger partial charge in [0.2, 0.25) is 0 Å². The van der Waals surface area contributed by atoms with E-state index in [1.807, 2.05) is 0 Å². The lowest BCUT2D eigenvalue weighted by molar-refractivity contribution is 0.501. The van der Waals surface area contributed by atoms with Crippen LogP contribution < -0.4 is 5.46 Å². The second-order valence-electron chi connectivity index (χ2n) is 3.22. The van der Waals surface area contributed by atoms with E-state index in [1.165, 1.54) is 6.08 Å². The van der Waals surface area contributed by atoms with Crippen LogP contribution in [0, 0.1) is 0 Å². The standard InChI is InChI=1S/C8H5BF3O2S/c10-9(11,12)7-1-2-8-6(5-7)3-4-15(8,13)14/h1-5H/q-1. The van der Waals surface area contributed by atoms with Crippen LogP contribution in [0.25, 0.3) is 6.08 Å². The van der Waals surface area contributed by atoms with Crippen LogP contribution in [0.1, 0.15) is 5.56 Å². The second-order valence-corrected chi connectivity index (χ2v) is 5.02. The fourth-order valence-corrected chi connectivity index (χ4v) is 2.58. The fourth-order valence-electron chi connectivity index (χ4n) is 1.40. The largest absolute Gasteiger partial charge is 0.509 e. The lowest BCUT2D eigenvalue weighted by Gasteiger charge is -2.15. The minimum atomic E-state index is -5.08. The molecular formula is C8H5BF3O2S-. The molecule has 0 saturated heterocycles. The Balaban J connectivity index is 2.61. The average Bonchev–Trinajstić information content (AvgIpc) is 2.41. The number of fused-ring (bicyclic) bond motifs is 1. The van der Waals surface area contributed by atoms with Gasteiger partial charge in [0.15, 0.2) is 9.84 Å². The van der Waals surface area contributed by atoms with E-state index in [9.17, 15) is 21.4 Å². The monoisotopic (exact) mass is 233 g/mol. The van der Waals surface area contributed by atoms with Gasteiger partial charge in [-0.2, -0.15) is 0 Å². The van der Waals surface area contributed by atoms with Gasteiger partial charge in [-0.1, -0.05) is 12.1 Å². The molecule has 1 aliphatic rings. The highest BCUT2D eigenvalue weighted by Crippen LogP contribution is 2.26. The summed E-state index contributed by atoms with van der Waals surface area (Å²) in [5.74, 6) is 0. The summed E-state index contributed by atoms with van der Waals surface area (Å²) < 4.78 is 59.5. The minimum absolute atomic E-state index is 0.0636. The van der Waals surface area contributed by atoms with Gasteiger partial charge in [-0.25, -0.2) is 8.42 Å². The van der Waals surface area contributed by atoms with Gasteiger partial charge in [-0.15, -0.1) is 5.46 Å². The zero-order chi connectivity index (χ0) is 11.3. The van der Waals surface area contributed by atoms with E-state index in [1.54, 1.807) is 0 Å². The van der Waals surface area contributed by atoms with E-state index in [0.717, 1.165) is 23.6 Å². The van der Waals surface area contributed by atoms with Crippen molar-refractivity contribution in [3.8, 4) is 0 Å². The van der Waals surface area contributed by atoms with Crippen LogP contribution >= 0.6 is 0 Å². The number of rotatable bonds is 1. The highest BCUT2D eigenvalue weighted by atomic mass is 32.2. The van der Waals surface area contributed by atoms with Crippen molar-refractivity contribution >= 4 is 28.4 Å². The van der Waals surface area contributed by atoms with Crippen LogP contribution in [0.5, 0.6) is 0 Å². The summed E-state index contributed by atoms with van der Waals surface area (Å²) in [6, 6.07) is 2.65. The molecule has 15 heavy (non-hydrogen) atoms. The van der Waals surface area contributed by atoms with Crippen molar-refractivity contribution in [1.82, 2.24) is 0 Å².